The third kappa shape index (κ3) is 4.36. The number of thiophene rings is 1. The third-order valence-corrected chi connectivity index (χ3v) is 5.90. The molecule has 0 radical (unpaired) electrons. The lowest BCUT2D eigenvalue weighted by Crippen LogP contribution is -2.35. The van der Waals surface area contributed by atoms with Gasteiger partial charge < -0.3 is 10.2 Å². The number of benzene rings is 1. The standard InChI is InChI=1S/C21H28N4O2S/c1-4-12-24-16-8-5-6-9-17(16)25(21(24)27)13-11-20(26)22-15-18(23(2)3)19-10-7-14-28-19/h5-10,14,18H,4,11-13,15H2,1-3H3,(H,22,26). The monoisotopic (exact) mass is 400 g/mol. The summed E-state index contributed by atoms with van der Waals surface area (Å²) in [5.74, 6) is -0.0392. The van der Waals surface area contributed by atoms with Crippen LogP contribution in [0.2, 0.25) is 0 Å². The second-order valence-electron chi connectivity index (χ2n) is 7.12. The second kappa shape index (κ2) is 9.21. The zero-order valence-corrected chi connectivity index (χ0v) is 17.5. The first-order valence-electron chi connectivity index (χ1n) is 9.67. The van der Waals surface area contributed by atoms with Gasteiger partial charge in [0.25, 0.3) is 0 Å². The smallest absolute Gasteiger partial charge is 0.329 e. The van der Waals surface area contributed by atoms with E-state index >= 15 is 0 Å². The molecule has 1 atom stereocenters. The zero-order valence-electron chi connectivity index (χ0n) is 16.7. The fraction of sp³-hybridized carbons (Fsp3) is 0.429. The summed E-state index contributed by atoms with van der Waals surface area (Å²) in [5, 5.41) is 5.07. The summed E-state index contributed by atoms with van der Waals surface area (Å²) in [6.45, 7) is 3.68. The highest BCUT2D eigenvalue weighted by molar-refractivity contribution is 7.10. The first kappa shape index (κ1) is 20.4. The highest BCUT2D eigenvalue weighted by Crippen LogP contribution is 2.22. The third-order valence-electron chi connectivity index (χ3n) is 4.92. The summed E-state index contributed by atoms with van der Waals surface area (Å²) >= 11 is 1.69. The minimum atomic E-state index is -0.0411. The summed E-state index contributed by atoms with van der Waals surface area (Å²) in [4.78, 5) is 28.6. The number of carbonyl (C=O) groups excluding carboxylic acids is 1. The van der Waals surface area contributed by atoms with Crippen LogP contribution in [0.4, 0.5) is 0 Å². The highest BCUT2D eigenvalue weighted by Gasteiger charge is 2.17. The molecule has 1 amide bonds. The van der Waals surface area contributed by atoms with Gasteiger partial charge in [-0.25, -0.2) is 4.79 Å². The molecule has 1 unspecified atom stereocenters. The van der Waals surface area contributed by atoms with Crippen LogP contribution in [0.15, 0.2) is 46.6 Å². The summed E-state index contributed by atoms with van der Waals surface area (Å²) < 4.78 is 3.51. The number of nitrogens with zero attached hydrogens (tertiary/aromatic N) is 3. The Morgan fingerprint density at radius 1 is 1.11 bits per heavy atom. The van der Waals surface area contributed by atoms with Crippen LogP contribution in [-0.2, 0) is 17.9 Å². The molecule has 3 aromatic rings. The molecule has 0 fully saturated rings. The predicted octanol–water partition coefficient (Wildman–Crippen LogP) is 3.08. The zero-order chi connectivity index (χ0) is 20.1. The van der Waals surface area contributed by atoms with E-state index in [0.717, 1.165) is 17.5 Å². The number of amides is 1. The molecular formula is C21H28N4O2S. The van der Waals surface area contributed by atoms with E-state index in [0.29, 0.717) is 19.6 Å². The van der Waals surface area contributed by atoms with Crippen molar-refractivity contribution < 1.29 is 4.79 Å². The molecule has 1 aromatic carbocycles. The lowest BCUT2D eigenvalue weighted by molar-refractivity contribution is -0.121. The van der Waals surface area contributed by atoms with Gasteiger partial charge >= 0.3 is 5.69 Å². The van der Waals surface area contributed by atoms with E-state index in [1.165, 1.54) is 4.88 Å². The Kier molecular flexibility index (Phi) is 6.70. The number of imidazole rings is 1. The fourth-order valence-corrected chi connectivity index (χ4v) is 4.38. The quantitative estimate of drug-likeness (QED) is 0.600. The van der Waals surface area contributed by atoms with Crippen molar-refractivity contribution in [3.63, 3.8) is 0 Å². The number of carbonyl (C=O) groups is 1. The molecule has 0 aliphatic heterocycles. The Labute approximate surface area is 169 Å². The molecule has 1 N–H and O–H groups in total. The van der Waals surface area contributed by atoms with Crippen molar-refractivity contribution in [2.24, 2.45) is 0 Å². The van der Waals surface area contributed by atoms with Gasteiger partial charge in [0.15, 0.2) is 0 Å². The summed E-state index contributed by atoms with van der Waals surface area (Å²) in [5.41, 5.74) is 1.78. The van der Waals surface area contributed by atoms with Gasteiger partial charge in [0, 0.05) is 30.9 Å². The number of rotatable bonds is 9. The van der Waals surface area contributed by atoms with Crippen molar-refractivity contribution in [2.75, 3.05) is 20.6 Å². The van der Waals surface area contributed by atoms with Gasteiger partial charge in [-0.15, -0.1) is 11.3 Å². The molecule has 0 spiro atoms. The van der Waals surface area contributed by atoms with E-state index in [2.05, 4.69) is 23.2 Å². The molecule has 0 saturated heterocycles. The van der Waals surface area contributed by atoms with E-state index in [1.54, 1.807) is 20.5 Å². The largest absolute Gasteiger partial charge is 0.354 e. The SMILES string of the molecule is CCCn1c(=O)n(CCC(=O)NCC(c2cccs2)N(C)C)c2ccccc21. The summed E-state index contributed by atoms with van der Waals surface area (Å²) in [6, 6.07) is 12.0. The van der Waals surface area contributed by atoms with E-state index in [9.17, 15) is 9.59 Å². The van der Waals surface area contributed by atoms with E-state index in [1.807, 2.05) is 49.8 Å². The van der Waals surface area contributed by atoms with Gasteiger partial charge in [-0.2, -0.15) is 0 Å². The summed E-state index contributed by atoms with van der Waals surface area (Å²) in [6.07, 6.45) is 1.17. The molecule has 7 heteroatoms. The Morgan fingerprint density at radius 3 is 2.36 bits per heavy atom. The van der Waals surface area contributed by atoms with Gasteiger partial charge in [-0.1, -0.05) is 25.1 Å². The van der Waals surface area contributed by atoms with Crippen LogP contribution < -0.4 is 11.0 Å². The Morgan fingerprint density at radius 2 is 1.79 bits per heavy atom. The van der Waals surface area contributed by atoms with Crippen molar-refractivity contribution in [3.8, 4) is 0 Å². The average Bonchev–Trinajstić information content (AvgIpc) is 3.28. The first-order valence-corrected chi connectivity index (χ1v) is 10.6. The molecule has 0 saturated carbocycles. The Bertz CT molecular complexity index is 972. The molecule has 2 aromatic heterocycles. The summed E-state index contributed by atoms with van der Waals surface area (Å²) in [7, 11) is 4.03. The van der Waals surface area contributed by atoms with Crippen LogP contribution in [0.1, 0.15) is 30.7 Å². The van der Waals surface area contributed by atoms with Gasteiger partial charge in [-0.3, -0.25) is 13.9 Å². The van der Waals surface area contributed by atoms with Gasteiger partial charge in [0.1, 0.15) is 0 Å². The van der Waals surface area contributed by atoms with Crippen LogP contribution in [-0.4, -0.2) is 40.6 Å². The maximum Gasteiger partial charge on any atom is 0.329 e. The van der Waals surface area contributed by atoms with Gasteiger partial charge in [0.05, 0.1) is 17.1 Å². The minimum absolute atomic E-state index is 0.0392. The number of nitrogens with one attached hydrogen (secondary N) is 1. The maximum atomic E-state index is 12.8. The molecular weight excluding hydrogens is 372 g/mol. The molecule has 0 aliphatic rings. The lowest BCUT2D eigenvalue weighted by Gasteiger charge is -2.23. The van der Waals surface area contributed by atoms with E-state index < -0.39 is 0 Å². The normalized spacial score (nSPS) is 12.6. The highest BCUT2D eigenvalue weighted by atomic mass is 32.1. The molecule has 0 bridgehead atoms. The van der Waals surface area contributed by atoms with Crippen LogP contribution in [0, 0.1) is 0 Å². The Hall–Kier alpha value is -2.38. The number of para-hydroxylation sites is 2. The number of likely N-dealkylation sites (N-methyl/N-ethyl adjacent to an activating group) is 1. The van der Waals surface area contributed by atoms with Crippen molar-refractivity contribution >= 4 is 28.3 Å². The predicted molar refractivity (Wildman–Crippen MR) is 115 cm³/mol. The molecule has 0 aliphatic carbocycles. The fourth-order valence-electron chi connectivity index (χ4n) is 3.46. The van der Waals surface area contributed by atoms with Crippen LogP contribution in [0.3, 0.4) is 0 Å². The molecule has 28 heavy (non-hydrogen) atoms. The molecule has 3 rings (SSSR count). The molecule has 150 valence electrons. The lowest BCUT2D eigenvalue weighted by atomic mass is 10.2. The molecule has 2 heterocycles. The number of aryl methyl sites for hydroxylation is 2. The van der Waals surface area contributed by atoms with Crippen LogP contribution >= 0.6 is 11.3 Å². The number of fused-ring (bicyclic) bond motifs is 1. The van der Waals surface area contributed by atoms with E-state index in [-0.39, 0.29) is 24.1 Å². The minimum Gasteiger partial charge on any atom is -0.354 e. The second-order valence-corrected chi connectivity index (χ2v) is 8.10. The van der Waals surface area contributed by atoms with Crippen molar-refractivity contribution in [2.45, 2.75) is 38.9 Å². The topological polar surface area (TPSA) is 59.3 Å². The first-order chi connectivity index (χ1) is 13.5. The van der Waals surface area contributed by atoms with Crippen molar-refractivity contribution in [1.29, 1.82) is 0 Å². The van der Waals surface area contributed by atoms with Crippen LogP contribution in [0.25, 0.3) is 11.0 Å². The maximum absolute atomic E-state index is 12.8. The van der Waals surface area contributed by atoms with Gasteiger partial charge in [-0.05, 0) is 44.1 Å². The number of aromatic nitrogens is 2. The van der Waals surface area contributed by atoms with Gasteiger partial charge in [0.2, 0.25) is 5.91 Å². The average molecular weight is 401 g/mol. The Balaban J connectivity index is 1.66. The van der Waals surface area contributed by atoms with Crippen molar-refractivity contribution in [1.82, 2.24) is 19.4 Å². The van der Waals surface area contributed by atoms with Crippen LogP contribution in [0.5, 0.6) is 0 Å². The number of hydrogen-bond donors (Lipinski definition) is 1. The number of hydrogen-bond acceptors (Lipinski definition) is 4. The van der Waals surface area contributed by atoms with Crippen molar-refractivity contribution in [3.05, 3.63) is 57.1 Å². The molecule has 6 nitrogen and oxygen atoms in total. The van der Waals surface area contributed by atoms with E-state index in [4.69, 9.17) is 0 Å².